The molecule has 0 radical (unpaired) electrons. The highest BCUT2D eigenvalue weighted by molar-refractivity contribution is 5.95. The maximum atomic E-state index is 14.9. The van der Waals surface area contributed by atoms with Gasteiger partial charge in [-0.15, -0.1) is 0 Å². The number of ketones is 1. The lowest BCUT2D eigenvalue weighted by atomic mass is 9.33. The van der Waals surface area contributed by atoms with Gasteiger partial charge in [0.2, 0.25) is 0 Å². The molecule has 274 valence electrons. The number of benzene rings is 2. The molecule has 0 aromatic heterocycles. The Bertz CT molecular complexity index is 1670. The van der Waals surface area contributed by atoms with E-state index in [1.807, 2.05) is 60.7 Å². The van der Waals surface area contributed by atoms with E-state index in [1.165, 1.54) is 5.57 Å². The molecule has 51 heavy (non-hydrogen) atoms. The average molecular weight is 695 g/mol. The highest BCUT2D eigenvalue weighted by Crippen LogP contribution is 2.75. The Hall–Kier alpha value is -3.25. The van der Waals surface area contributed by atoms with Crippen molar-refractivity contribution in [1.82, 2.24) is 0 Å². The number of hydrogen-bond acceptors (Lipinski definition) is 5. The van der Waals surface area contributed by atoms with E-state index in [2.05, 4.69) is 54.5 Å². The van der Waals surface area contributed by atoms with Gasteiger partial charge in [0.05, 0.1) is 11.5 Å². The molecule has 6 heteroatoms. The Morgan fingerprint density at radius 2 is 1.41 bits per heavy atom. The summed E-state index contributed by atoms with van der Waals surface area (Å²) < 4.78 is 12.5. The van der Waals surface area contributed by atoms with Gasteiger partial charge in [0.15, 0.2) is 11.9 Å². The third-order valence-corrected chi connectivity index (χ3v) is 15.8. The third-order valence-electron chi connectivity index (χ3n) is 15.8. The maximum absolute atomic E-state index is 14.9. The van der Waals surface area contributed by atoms with Gasteiger partial charge in [0.1, 0.15) is 6.61 Å². The second kappa shape index (κ2) is 12.4. The fourth-order valence-corrected chi connectivity index (χ4v) is 12.6. The summed E-state index contributed by atoms with van der Waals surface area (Å²) in [7, 11) is 0. The topological polar surface area (TPSA) is 89.9 Å². The van der Waals surface area contributed by atoms with Crippen LogP contribution in [0, 0.1) is 50.2 Å². The Morgan fingerprint density at radius 3 is 2.02 bits per heavy atom. The smallest absolute Gasteiger partial charge is 0.329 e. The summed E-state index contributed by atoms with van der Waals surface area (Å²) in [5.41, 5.74) is 1.71. The van der Waals surface area contributed by atoms with Crippen LogP contribution < -0.4 is 0 Å². The van der Waals surface area contributed by atoms with E-state index in [-0.39, 0.29) is 69.3 Å². The number of carbonyl (C=O) groups excluding carboxylic acids is 2. The van der Waals surface area contributed by atoms with E-state index in [9.17, 15) is 19.5 Å². The van der Waals surface area contributed by atoms with Gasteiger partial charge >= 0.3 is 11.9 Å². The molecule has 1 N–H and O–H groups in total. The zero-order valence-electron chi connectivity index (χ0n) is 31.8. The van der Waals surface area contributed by atoms with E-state index in [4.69, 9.17) is 9.47 Å². The summed E-state index contributed by atoms with van der Waals surface area (Å²) in [6, 6.07) is 20.0. The minimum Gasteiger partial charge on any atom is -0.480 e. The van der Waals surface area contributed by atoms with Crippen LogP contribution in [0.2, 0.25) is 0 Å². The molecule has 2 aromatic rings. The molecule has 0 unspecified atom stereocenters. The number of aliphatic carboxylic acids is 1. The zero-order valence-corrected chi connectivity index (χ0v) is 31.8. The number of carboxylic acids is 1. The molecule has 7 rings (SSSR count). The predicted octanol–water partition coefficient (Wildman–Crippen LogP) is 9.77. The van der Waals surface area contributed by atoms with Gasteiger partial charge in [-0.25, -0.2) is 4.79 Å². The largest absolute Gasteiger partial charge is 0.480 e. The lowest BCUT2D eigenvalue weighted by Gasteiger charge is -2.70. The van der Waals surface area contributed by atoms with Crippen LogP contribution in [0.15, 0.2) is 72.3 Å². The third kappa shape index (κ3) is 5.56. The average Bonchev–Trinajstić information content (AvgIpc) is 3.09. The standard InChI is InChI=1S/C45H58O6/c1-40(2)34-18-21-45(7)38(43(34,5)20-19-35(40)50-28-36(47)48)33(46)26-31-32-27-42(4,23-22-41(32,3)24-25-44(31,45)6)39(49)51-37(29-14-10-8-11-15-29)30-16-12-9-13-17-30/h8-17,26,32,34-35,37-38H,18-25,27-28H2,1-7H3,(H,47,48)/t32-,34-,35-,38+,41+,42-,43-,44+,45+/m0/s1. The Balaban J connectivity index is 1.20. The molecule has 4 fully saturated rings. The monoisotopic (exact) mass is 694 g/mol. The number of hydrogen-bond donors (Lipinski definition) is 1. The van der Waals surface area contributed by atoms with Crippen molar-refractivity contribution in [3.8, 4) is 0 Å². The zero-order chi connectivity index (χ0) is 36.6. The van der Waals surface area contributed by atoms with Gasteiger partial charge in [-0.1, -0.05) is 108 Å². The normalized spacial score (nSPS) is 39.8. The van der Waals surface area contributed by atoms with E-state index >= 15 is 0 Å². The number of ether oxygens (including phenoxy) is 2. The molecule has 4 saturated carbocycles. The molecule has 0 spiro atoms. The number of carbonyl (C=O) groups is 3. The molecule has 6 nitrogen and oxygen atoms in total. The van der Waals surface area contributed by atoms with Crippen molar-refractivity contribution >= 4 is 17.7 Å². The molecular formula is C45H58O6. The van der Waals surface area contributed by atoms with Gasteiger partial charge in [-0.3, -0.25) is 9.59 Å². The van der Waals surface area contributed by atoms with Crippen molar-refractivity contribution < 1.29 is 29.0 Å². The minimum absolute atomic E-state index is 0.0233. The van der Waals surface area contributed by atoms with Gasteiger partial charge in [0, 0.05) is 5.92 Å². The van der Waals surface area contributed by atoms with Crippen LogP contribution in [-0.2, 0) is 23.9 Å². The molecule has 9 atom stereocenters. The van der Waals surface area contributed by atoms with Crippen LogP contribution in [-0.4, -0.2) is 35.5 Å². The fraction of sp³-hybridized carbons (Fsp3) is 0.622. The first-order valence-electron chi connectivity index (χ1n) is 19.4. The Kier molecular flexibility index (Phi) is 8.80. The first-order valence-corrected chi connectivity index (χ1v) is 19.4. The molecular weight excluding hydrogens is 636 g/mol. The maximum Gasteiger partial charge on any atom is 0.329 e. The lowest BCUT2D eigenvalue weighted by Crippen LogP contribution is -2.66. The summed E-state index contributed by atoms with van der Waals surface area (Å²) in [5.74, 6) is -0.574. The predicted molar refractivity (Wildman–Crippen MR) is 198 cm³/mol. The highest BCUT2D eigenvalue weighted by Gasteiger charge is 2.70. The molecule has 0 amide bonds. The molecule has 5 aliphatic carbocycles. The van der Waals surface area contributed by atoms with Crippen LogP contribution in [0.4, 0.5) is 0 Å². The lowest BCUT2D eigenvalue weighted by molar-refractivity contribution is -0.210. The second-order valence-electron chi connectivity index (χ2n) is 18.9. The Labute approximate surface area is 304 Å². The van der Waals surface area contributed by atoms with Gasteiger partial charge in [0.25, 0.3) is 0 Å². The molecule has 0 bridgehead atoms. The van der Waals surface area contributed by atoms with Crippen LogP contribution in [0.5, 0.6) is 0 Å². The fourth-order valence-electron chi connectivity index (χ4n) is 12.6. The summed E-state index contributed by atoms with van der Waals surface area (Å²) in [4.78, 5) is 40.7. The molecule has 0 saturated heterocycles. The molecule has 0 heterocycles. The van der Waals surface area contributed by atoms with Crippen LogP contribution in [0.3, 0.4) is 0 Å². The number of carboxylic acid groups (broad SMARTS) is 1. The van der Waals surface area contributed by atoms with Gasteiger partial charge in [-0.2, -0.15) is 0 Å². The number of esters is 1. The van der Waals surface area contributed by atoms with E-state index in [0.29, 0.717) is 6.42 Å². The van der Waals surface area contributed by atoms with Crippen LogP contribution >= 0.6 is 0 Å². The van der Waals surface area contributed by atoms with E-state index in [1.54, 1.807) is 0 Å². The summed E-state index contributed by atoms with van der Waals surface area (Å²) in [5, 5.41) is 9.35. The molecule has 0 aliphatic heterocycles. The van der Waals surface area contributed by atoms with Crippen molar-refractivity contribution in [3.63, 3.8) is 0 Å². The quantitative estimate of drug-likeness (QED) is 0.290. The first kappa shape index (κ1) is 36.1. The minimum atomic E-state index is -0.938. The van der Waals surface area contributed by atoms with E-state index in [0.717, 1.165) is 62.5 Å². The molecule has 5 aliphatic rings. The molecule has 2 aromatic carbocycles. The number of rotatable bonds is 7. The second-order valence-corrected chi connectivity index (χ2v) is 18.9. The first-order chi connectivity index (χ1) is 24.0. The van der Waals surface area contributed by atoms with Gasteiger partial charge < -0.3 is 14.6 Å². The number of allylic oxidation sites excluding steroid dienone is 2. The van der Waals surface area contributed by atoms with Crippen molar-refractivity contribution in [2.75, 3.05) is 6.61 Å². The highest BCUT2D eigenvalue weighted by atomic mass is 16.5. The SMILES string of the molecule is CC1(C)[C@@H](OCC(=O)O)CC[C@]2(C)[C@H]3C(=O)C=C4[C@@H]5C[C@@](C)(C(=O)OC(c6ccccc6)c6ccccc6)CC[C@]5(C)CC[C@@]4(C)[C@]3(C)CC[C@@H]12. The van der Waals surface area contributed by atoms with Crippen LogP contribution in [0.25, 0.3) is 0 Å². The van der Waals surface area contributed by atoms with Crippen molar-refractivity contribution in [3.05, 3.63) is 83.4 Å². The number of fused-ring (bicyclic) bond motifs is 7. The summed E-state index contributed by atoms with van der Waals surface area (Å²) in [6.45, 7) is 15.9. The van der Waals surface area contributed by atoms with E-state index < -0.39 is 17.5 Å². The van der Waals surface area contributed by atoms with Crippen molar-refractivity contribution in [1.29, 1.82) is 0 Å². The summed E-state index contributed by atoms with van der Waals surface area (Å²) >= 11 is 0. The van der Waals surface area contributed by atoms with Gasteiger partial charge in [-0.05, 0) is 121 Å². The van der Waals surface area contributed by atoms with Crippen molar-refractivity contribution in [2.45, 2.75) is 118 Å². The van der Waals surface area contributed by atoms with Crippen molar-refractivity contribution in [2.24, 2.45) is 50.2 Å². The van der Waals surface area contributed by atoms with Crippen LogP contribution in [0.1, 0.15) is 123 Å². The Morgan fingerprint density at radius 1 is 0.804 bits per heavy atom. The summed E-state index contributed by atoms with van der Waals surface area (Å²) in [6.07, 6.45) is 9.50.